The lowest BCUT2D eigenvalue weighted by Crippen LogP contribution is -2.09. The molecule has 0 bridgehead atoms. The minimum absolute atomic E-state index is 0.112. The normalized spacial score (nSPS) is 19.9. The van der Waals surface area contributed by atoms with Gasteiger partial charge in [0, 0.05) is 18.4 Å². The molecule has 2 aromatic heterocycles. The van der Waals surface area contributed by atoms with Crippen molar-refractivity contribution in [3.05, 3.63) is 64.6 Å². The number of hydrogen-bond donors (Lipinski definition) is 0. The van der Waals surface area contributed by atoms with Crippen molar-refractivity contribution in [1.29, 1.82) is 0 Å². The minimum atomic E-state index is 0.112. The highest BCUT2D eigenvalue weighted by Gasteiger charge is 2.43. The van der Waals surface area contributed by atoms with E-state index in [1.54, 1.807) is 10.6 Å². The number of fused-ring (bicyclic) bond motifs is 1. The summed E-state index contributed by atoms with van der Waals surface area (Å²) in [5.41, 5.74) is 3.51. The summed E-state index contributed by atoms with van der Waals surface area (Å²) in [7, 11) is 0. The van der Waals surface area contributed by atoms with Gasteiger partial charge in [-0.1, -0.05) is 41.9 Å². The fourth-order valence-corrected chi connectivity index (χ4v) is 3.37. The van der Waals surface area contributed by atoms with E-state index < -0.39 is 0 Å². The average Bonchev–Trinajstić information content (AvgIpc) is 3.24. The Morgan fingerprint density at radius 2 is 2.09 bits per heavy atom. The Bertz CT molecular complexity index is 888. The van der Waals surface area contributed by atoms with Gasteiger partial charge in [0.15, 0.2) is 5.65 Å². The van der Waals surface area contributed by atoms with Crippen molar-refractivity contribution in [3.8, 4) is 0 Å². The number of carbonyl (C=O) groups excluding carboxylic acids is 1. The van der Waals surface area contributed by atoms with Crippen molar-refractivity contribution < 1.29 is 4.79 Å². The van der Waals surface area contributed by atoms with E-state index in [0.717, 1.165) is 12.1 Å². The molecule has 5 heteroatoms. The van der Waals surface area contributed by atoms with Gasteiger partial charge in [0.25, 0.3) is 0 Å². The third-order valence-electron chi connectivity index (χ3n) is 4.35. The fourth-order valence-electron chi connectivity index (χ4n) is 3.12. The first-order chi connectivity index (χ1) is 11.1. The average molecular weight is 326 g/mol. The SMILES string of the molecule is Cc1cc2nc(CC(=O)[C@@H]3C[C@H]3c3ccccc3)cc(Cl)n2n1. The number of aryl methyl sites for hydroxylation is 1. The summed E-state index contributed by atoms with van der Waals surface area (Å²) < 4.78 is 1.59. The van der Waals surface area contributed by atoms with Crippen LogP contribution in [0.1, 0.15) is 29.3 Å². The highest BCUT2D eigenvalue weighted by molar-refractivity contribution is 6.29. The molecular weight excluding hydrogens is 310 g/mol. The molecule has 4 nitrogen and oxygen atoms in total. The maximum absolute atomic E-state index is 12.5. The van der Waals surface area contributed by atoms with Crippen molar-refractivity contribution in [2.75, 3.05) is 0 Å². The van der Waals surface area contributed by atoms with Crippen LogP contribution in [0.5, 0.6) is 0 Å². The molecule has 1 aliphatic carbocycles. The number of carbonyl (C=O) groups is 1. The summed E-state index contributed by atoms with van der Waals surface area (Å²) in [5.74, 6) is 0.712. The van der Waals surface area contributed by atoms with Crippen LogP contribution in [0, 0.1) is 12.8 Å². The molecule has 0 unspecified atom stereocenters. The number of aromatic nitrogens is 3. The van der Waals surface area contributed by atoms with Crippen LogP contribution >= 0.6 is 11.6 Å². The molecule has 1 saturated carbocycles. The molecule has 4 rings (SSSR count). The quantitative estimate of drug-likeness (QED) is 0.688. The summed E-state index contributed by atoms with van der Waals surface area (Å²) in [4.78, 5) is 17.0. The molecule has 2 atom stereocenters. The van der Waals surface area contributed by atoms with Gasteiger partial charge in [-0.05, 0) is 30.9 Å². The van der Waals surface area contributed by atoms with E-state index in [2.05, 4.69) is 22.2 Å². The lowest BCUT2D eigenvalue weighted by Gasteiger charge is -2.03. The van der Waals surface area contributed by atoms with E-state index in [4.69, 9.17) is 11.6 Å². The molecule has 1 aliphatic rings. The first kappa shape index (κ1) is 14.4. The molecule has 0 aliphatic heterocycles. The summed E-state index contributed by atoms with van der Waals surface area (Å²) >= 11 is 6.23. The van der Waals surface area contributed by atoms with Gasteiger partial charge in [-0.15, -0.1) is 0 Å². The van der Waals surface area contributed by atoms with Gasteiger partial charge in [-0.2, -0.15) is 5.10 Å². The second-order valence-corrected chi connectivity index (χ2v) is 6.52. The van der Waals surface area contributed by atoms with Gasteiger partial charge in [0.2, 0.25) is 0 Å². The van der Waals surface area contributed by atoms with E-state index >= 15 is 0 Å². The van der Waals surface area contributed by atoms with E-state index in [0.29, 0.717) is 28.8 Å². The Labute approximate surface area is 139 Å². The van der Waals surface area contributed by atoms with E-state index in [1.165, 1.54) is 5.56 Å². The van der Waals surface area contributed by atoms with Crippen LogP contribution in [0.3, 0.4) is 0 Å². The number of nitrogens with zero attached hydrogens (tertiary/aromatic N) is 3. The maximum atomic E-state index is 12.5. The molecule has 23 heavy (non-hydrogen) atoms. The monoisotopic (exact) mass is 325 g/mol. The van der Waals surface area contributed by atoms with Gasteiger partial charge in [-0.3, -0.25) is 4.79 Å². The van der Waals surface area contributed by atoms with Crippen molar-refractivity contribution in [3.63, 3.8) is 0 Å². The predicted molar refractivity (Wildman–Crippen MR) is 88.7 cm³/mol. The molecule has 0 saturated heterocycles. The Morgan fingerprint density at radius 3 is 2.87 bits per heavy atom. The van der Waals surface area contributed by atoms with Crippen LogP contribution < -0.4 is 0 Å². The third-order valence-corrected chi connectivity index (χ3v) is 4.62. The predicted octanol–water partition coefficient (Wildman–Crippen LogP) is 3.61. The van der Waals surface area contributed by atoms with E-state index in [1.807, 2.05) is 31.2 Å². The highest BCUT2D eigenvalue weighted by atomic mass is 35.5. The van der Waals surface area contributed by atoms with Gasteiger partial charge < -0.3 is 0 Å². The van der Waals surface area contributed by atoms with Gasteiger partial charge in [-0.25, -0.2) is 9.50 Å². The molecule has 116 valence electrons. The van der Waals surface area contributed by atoms with Gasteiger partial charge in [0.05, 0.1) is 11.4 Å². The molecule has 0 spiro atoms. The second kappa shape index (κ2) is 5.46. The first-order valence-corrected chi connectivity index (χ1v) is 8.09. The number of Topliss-reactive ketones (excluding diaryl/α,β-unsaturated/α-hetero) is 1. The maximum Gasteiger partial charge on any atom is 0.157 e. The van der Waals surface area contributed by atoms with Crippen LogP contribution in [-0.4, -0.2) is 20.4 Å². The largest absolute Gasteiger partial charge is 0.299 e. The Hall–Kier alpha value is -2.20. The number of benzene rings is 1. The second-order valence-electron chi connectivity index (χ2n) is 6.13. The van der Waals surface area contributed by atoms with Gasteiger partial charge in [0.1, 0.15) is 10.9 Å². The standard InChI is InChI=1S/C18H16ClN3O/c1-11-7-18-20-13(9-17(19)22(18)21-11)8-16(23)15-10-14(15)12-5-3-2-4-6-12/h2-7,9,14-15H,8,10H2,1H3/t14-,15+/m0/s1. The van der Waals surface area contributed by atoms with Crippen LogP contribution in [0.4, 0.5) is 0 Å². The van der Waals surface area contributed by atoms with Crippen molar-refractivity contribution >= 4 is 23.0 Å². The lowest BCUT2D eigenvalue weighted by molar-refractivity contribution is -0.119. The Balaban J connectivity index is 1.51. The summed E-state index contributed by atoms with van der Waals surface area (Å²) in [6, 6.07) is 13.8. The van der Waals surface area contributed by atoms with Gasteiger partial charge >= 0.3 is 0 Å². The Morgan fingerprint density at radius 1 is 1.30 bits per heavy atom. The minimum Gasteiger partial charge on any atom is -0.299 e. The molecule has 0 amide bonds. The van der Waals surface area contributed by atoms with E-state index in [-0.39, 0.29) is 11.7 Å². The topological polar surface area (TPSA) is 47.3 Å². The summed E-state index contributed by atoms with van der Waals surface area (Å²) in [5, 5.41) is 4.76. The highest BCUT2D eigenvalue weighted by Crippen LogP contribution is 2.48. The molecule has 0 radical (unpaired) electrons. The fraction of sp³-hybridized carbons (Fsp3) is 0.278. The molecule has 2 heterocycles. The number of ketones is 1. The number of halogens is 1. The third kappa shape index (κ3) is 2.75. The lowest BCUT2D eigenvalue weighted by atomic mass is 10.1. The Kier molecular flexibility index (Phi) is 3.42. The van der Waals surface area contributed by atoms with Crippen molar-refractivity contribution in [1.82, 2.24) is 14.6 Å². The van der Waals surface area contributed by atoms with Crippen LogP contribution in [-0.2, 0) is 11.2 Å². The van der Waals surface area contributed by atoms with Crippen LogP contribution in [0.2, 0.25) is 5.15 Å². The van der Waals surface area contributed by atoms with Crippen LogP contribution in [0.15, 0.2) is 42.5 Å². The van der Waals surface area contributed by atoms with E-state index in [9.17, 15) is 4.79 Å². The van der Waals surface area contributed by atoms with Crippen molar-refractivity contribution in [2.45, 2.75) is 25.7 Å². The molecule has 1 fully saturated rings. The summed E-state index contributed by atoms with van der Waals surface area (Å²) in [6.07, 6.45) is 1.26. The molecular formula is C18H16ClN3O. The summed E-state index contributed by atoms with van der Waals surface area (Å²) in [6.45, 7) is 1.89. The zero-order valence-electron chi connectivity index (χ0n) is 12.7. The molecule has 0 N–H and O–H groups in total. The smallest absolute Gasteiger partial charge is 0.157 e. The zero-order chi connectivity index (χ0) is 16.0. The zero-order valence-corrected chi connectivity index (χ0v) is 13.5. The van der Waals surface area contributed by atoms with Crippen molar-refractivity contribution in [2.24, 2.45) is 5.92 Å². The first-order valence-electron chi connectivity index (χ1n) is 7.71. The molecule has 3 aromatic rings. The number of hydrogen-bond acceptors (Lipinski definition) is 3. The number of rotatable bonds is 4. The van der Waals surface area contributed by atoms with Crippen LogP contribution in [0.25, 0.3) is 5.65 Å². The molecule has 1 aromatic carbocycles.